The molecule has 0 radical (unpaired) electrons. The minimum atomic E-state index is -0.0611. The highest BCUT2D eigenvalue weighted by molar-refractivity contribution is 8.00. The van der Waals surface area contributed by atoms with Crippen LogP contribution in [0.25, 0.3) is 0 Å². The van der Waals surface area contributed by atoms with Gasteiger partial charge in [-0.25, -0.2) is 0 Å². The summed E-state index contributed by atoms with van der Waals surface area (Å²) >= 11 is 1.61. The molecule has 1 aromatic rings. The number of carbonyl (C=O) groups is 1. The molecule has 5 heteroatoms. The summed E-state index contributed by atoms with van der Waals surface area (Å²) in [6.07, 6.45) is 2.23. The van der Waals surface area contributed by atoms with Crippen molar-refractivity contribution in [2.24, 2.45) is 0 Å². The molecule has 1 N–H and O–H groups in total. The van der Waals surface area contributed by atoms with Crippen LogP contribution in [0.3, 0.4) is 0 Å². The molecule has 2 rings (SSSR count). The molecule has 0 aliphatic carbocycles. The Hall–Kier alpha value is -1.20. The Labute approximate surface area is 131 Å². The topological polar surface area (TPSA) is 41.6 Å². The molecule has 2 unspecified atom stereocenters. The Morgan fingerprint density at radius 3 is 2.76 bits per heavy atom. The van der Waals surface area contributed by atoms with Gasteiger partial charge in [0.05, 0.1) is 12.4 Å². The van der Waals surface area contributed by atoms with Crippen LogP contribution in [0, 0.1) is 0 Å². The monoisotopic (exact) mass is 308 g/mol. The molecule has 1 saturated heterocycles. The average molecular weight is 308 g/mol. The predicted molar refractivity (Wildman–Crippen MR) is 87.0 cm³/mol. The van der Waals surface area contributed by atoms with Gasteiger partial charge in [0.2, 0.25) is 5.91 Å². The van der Waals surface area contributed by atoms with Gasteiger partial charge in [-0.05, 0) is 51.1 Å². The van der Waals surface area contributed by atoms with Gasteiger partial charge in [-0.15, -0.1) is 11.8 Å². The minimum absolute atomic E-state index is 0.0611. The van der Waals surface area contributed by atoms with Crippen LogP contribution in [0.1, 0.15) is 19.8 Å². The lowest BCUT2D eigenvalue weighted by Gasteiger charge is -2.34. The number of likely N-dealkylation sites (tertiary alicyclic amines) is 1. The number of carbonyl (C=O) groups excluding carboxylic acids is 1. The lowest BCUT2D eigenvalue weighted by atomic mass is 10.1. The normalized spacial score (nSPS) is 20.1. The lowest BCUT2D eigenvalue weighted by molar-refractivity contribution is -0.131. The molecule has 1 aromatic carbocycles. The van der Waals surface area contributed by atoms with E-state index in [1.165, 1.54) is 0 Å². The van der Waals surface area contributed by atoms with E-state index < -0.39 is 0 Å². The third-order valence-corrected chi connectivity index (χ3v) is 4.96. The molecule has 0 bridgehead atoms. The maximum atomic E-state index is 12.5. The average Bonchev–Trinajstić information content (AvgIpc) is 2.54. The van der Waals surface area contributed by atoms with Crippen LogP contribution >= 0.6 is 11.8 Å². The van der Waals surface area contributed by atoms with Crippen LogP contribution in [0.2, 0.25) is 0 Å². The summed E-state index contributed by atoms with van der Waals surface area (Å²) in [4.78, 5) is 15.6. The number of nitrogens with zero attached hydrogens (tertiary/aromatic N) is 1. The second kappa shape index (κ2) is 7.71. The number of methoxy groups -OCH3 is 1. The van der Waals surface area contributed by atoms with Crippen molar-refractivity contribution in [1.29, 1.82) is 0 Å². The summed E-state index contributed by atoms with van der Waals surface area (Å²) in [5, 5.41) is 3.21. The molecule has 1 aliphatic heterocycles. The quantitative estimate of drug-likeness (QED) is 0.848. The van der Waals surface area contributed by atoms with Gasteiger partial charge in [0.25, 0.3) is 0 Å². The summed E-state index contributed by atoms with van der Waals surface area (Å²) in [7, 11) is 3.62. The molecule has 1 amide bonds. The first-order valence-corrected chi connectivity index (χ1v) is 8.28. The number of piperidine rings is 1. The van der Waals surface area contributed by atoms with E-state index in [9.17, 15) is 4.79 Å². The fourth-order valence-electron chi connectivity index (χ4n) is 2.58. The zero-order valence-electron chi connectivity index (χ0n) is 13.0. The highest BCUT2D eigenvalue weighted by Crippen LogP contribution is 2.27. The molecule has 116 valence electrons. The van der Waals surface area contributed by atoms with Gasteiger partial charge in [-0.3, -0.25) is 4.79 Å². The molecule has 0 aromatic heterocycles. The molecular formula is C16H24N2O2S. The van der Waals surface area contributed by atoms with E-state index in [1.807, 2.05) is 43.1 Å². The van der Waals surface area contributed by atoms with E-state index >= 15 is 0 Å². The molecule has 4 nitrogen and oxygen atoms in total. The van der Waals surface area contributed by atoms with Gasteiger partial charge in [0.15, 0.2) is 0 Å². The van der Waals surface area contributed by atoms with Gasteiger partial charge in [0.1, 0.15) is 5.75 Å². The fourth-order valence-corrected chi connectivity index (χ4v) is 3.53. The summed E-state index contributed by atoms with van der Waals surface area (Å²) in [5.41, 5.74) is 0. The van der Waals surface area contributed by atoms with Crippen LogP contribution in [0.4, 0.5) is 0 Å². The lowest BCUT2D eigenvalue weighted by Crippen LogP contribution is -2.49. The molecule has 1 aliphatic rings. The molecule has 0 spiro atoms. The summed E-state index contributed by atoms with van der Waals surface area (Å²) < 4.78 is 5.15. The second-order valence-corrected chi connectivity index (χ2v) is 6.76. The number of thioether (sulfide) groups is 1. The Balaban J connectivity index is 1.92. The van der Waals surface area contributed by atoms with Crippen LogP contribution in [0.5, 0.6) is 5.75 Å². The largest absolute Gasteiger partial charge is 0.497 e. The van der Waals surface area contributed by atoms with Gasteiger partial charge in [0, 0.05) is 24.0 Å². The number of amides is 1. The van der Waals surface area contributed by atoms with Crippen molar-refractivity contribution in [2.45, 2.75) is 36.0 Å². The number of benzene rings is 1. The zero-order valence-corrected chi connectivity index (χ0v) is 13.8. The Morgan fingerprint density at radius 2 is 2.14 bits per heavy atom. The Kier molecular flexibility index (Phi) is 5.94. The van der Waals surface area contributed by atoms with Crippen molar-refractivity contribution in [3.05, 3.63) is 24.3 Å². The van der Waals surface area contributed by atoms with E-state index in [1.54, 1.807) is 18.9 Å². The van der Waals surface area contributed by atoms with Crippen molar-refractivity contribution in [3.8, 4) is 5.75 Å². The number of hydrogen-bond donors (Lipinski definition) is 1. The molecule has 1 heterocycles. The molecule has 1 fully saturated rings. The van der Waals surface area contributed by atoms with Crippen LogP contribution in [-0.2, 0) is 4.79 Å². The Bertz CT molecular complexity index is 464. The van der Waals surface area contributed by atoms with Crippen molar-refractivity contribution in [2.75, 3.05) is 27.2 Å². The van der Waals surface area contributed by atoms with Gasteiger partial charge in [-0.2, -0.15) is 0 Å². The molecule has 0 saturated carbocycles. The SMILES string of the molecule is CNC1CCCN(C(=O)C(C)Sc2ccc(OC)cc2)C1. The third-order valence-electron chi connectivity index (χ3n) is 3.86. The van der Waals surface area contributed by atoms with Crippen LogP contribution < -0.4 is 10.1 Å². The summed E-state index contributed by atoms with van der Waals surface area (Å²) in [6, 6.07) is 8.29. The molecule has 21 heavy (non-hydrogen) atoms. The first-order valence-electron chi connectivity index (χ1n) is 7.40. The highest BCUT2D eigenvalue weighted by atomic mass is 32.2. The number of likely N-dealkylation sites (N-methyl/N-ethyl adjacent to an activating group) is 1. The van der Waals surface area contributed by atoms with Crippen molar-refractivity contribution >= 4 is 17.7 Å². The van der Waals surface area contributed by atoms with Gasteiger partial charge in [-0.1, -0.05) is 0 Å². The first kappa shape index (κ1) is 16.2. The number of ether oxygens (including phenoxy) is 1. The van der Waals surface area contributed by atoms with E-state index in [4.69, 9.17) is 4.74 Å². The fraction of sp³-hybridized carbons (Fsp3) is 0.562. The number of hydrogen-bond acceptors (Lipinski definition) is 4. The van der Waals surface area contributed by atoms with Crippen LogP contribution in [-0.4, -0.2) is 49.3 Å². The van der Waals surface area contributed by atoms with E-state index in [2.05, 4.69) is 5.32 Å². The van der Waals surface area contributed by atoms with E-state index in [0.29, 0.717) is 6.04 Å². The maximum absolute atomic E-state index is 12.5. The van der Waals surface area contributed by atoms with Gasteiger partial charge >= 0.3 is 0 Å². The number of nitrogens with one attached hydrogen (secondary N) is 1. The van der Waals surface area contributed by atoms with Crippen LogP contribution in [0.15, 0.2) is 29.2 Å². The van der Waals surface area contributed by atoms with Crippen molar-refractivity contribution < 1.29 is 9.53 Å². The predicted octanol–water partition coefficient (Wildman–Crippen LogP) is 2.39. The summed E-state index contributed by atoms with van der Waals surface area (Å²) in [5.74, 6) is 1.07. The van der Waals surface area contributed by atoms with Gasteiger partial charge < -0.3 is 15.0 Å². The van der Waals surface area contributed by atoms with E-state index in [0.717, 1.165) is 36.6 Å². The molecule has 2 atom stereocenters. The summed E-state index contributed by atoms with van der Waals surface area (Å²) in [6.45, 7) is 3.69. The first-order chi connectivity index (χ1) is 10.1. The standard InChI is InChI=1S/C16H24N2O2S/c1-12(21-15-8-6-14(20-3)7-9-15)16(19)18-10-4-5-13(11-18)17-2/h6-9,12-13,17H,4-5,10-11H2,1-3H3. The Morgan fingerprint density at radius 1 is 1.43 bits per heavy atom. The third kappa shape index (κ3) is 4.38. The zero-order chi connectivity index (χ0) is 15.2. The highest BCUT2D eigenvalue weighted by Gasteiger charge is 2.26. The smallest absolute Gasteiger partial charge is 0.235 e. The van der Waals surface area contributed by atoms with Crippen molar-refractivity contribution in [3.63, 3.8) is 0 Å². The second-order valence-electron chi connectivity index (χ2n) is 5.35. The minimum Gasteiger partial charge on any atom is -0.497 e. The molecular weight excluding hydrogens is 284 g/mol. The van der Waals surface area contributed by atoms with Crippen molar-refractivity contribution in [1.82, 2.24) is 10.2 Å². The van der Waals surface area contributed by atoms with E-state index in [-0.39, 0.29) is 11.2 Å². The maximum Gasteiger partial charge on any atom is 0.235 e. The number of rotatable bonds is 5.